The molecule has 0 aliphatic carbocycles. The first kappa shape index (κ1) is 14.2. The molecular weight excluding hydrogens is 287 g/mol. The summed E-state index contributed by atoms with van der Waals surface area (Å²) in [5.74, 6) is -1.44. The number of esters is 1. The molecule has 0 bridgehead atoms. The highest BCUT2D eigenvalue weighted by atomic mass is 35.5. The summed E-state index contributed by atoms with van der Waals surface area (Å²) < 4.78 is 19.5. The van der Waals surface area contributed by atoms with Crippen LogP contribution in [-0.2, 0) is 4.74 Å². The van der Waals surface area contributed by atoms with Gasteiger partial charge in [-0.1, -0.05) is 11.6 Å². The van der Waals surface area contributed by atoms with Crippen molar-refractivity contribution in [1.29, 1.82) is 0 Å². The fourth-order valence-electron chi connectivity index (χ4n) is 1.54. The predicted octanol–water partition coefficient (Wildman–Crippen LogP) is 2.20. The van der Waals surface area contributed by atoms with Crippen molar-refractivity contribution >= 4 is 17.6 Å². The third-order valence-corrected chi connectivity index (χ3v) is 2.67. The van der Waals surface area contributed by atoms with E-state index in [-0.39, 0.29) is 12.3 Å². The summed E-state index contributed by atoms with van der Waals surface area (Å²) in [7, 11) is 0. The minimum atomic E-state index is -0.853. The zero-order valence-electron chi connectivity index (χ0n) is 10.5. The molecule has 104 valence electrons. The number of carbonyl (C=O) groups excluding carboxylic acids is 1. The Kier molecular flexibility index (Phi) is 4.14. The minimum absolute atomic E-state index is 0.0306. The van der Waals surface area contributed by atoms with Crippen molar-refractivity contribution in [3.05, 3.63) is 57.2 Å². The lowest BCUT2D eigenvalue weighted by Crippen LogP contribution is -2.22. The number of hydrogen-bond donors (Lipinski definition) is 0. The van der Waals surface area contributed by atoms with Crippen LogP contribution in [0.3, 0.4) is 0 Å². The first-order chi connectivity index (χ1) is 9.52. The maximum absolute atomic E-state index is 13.7. The fourth-order valence-corrected chi connectivity index (χ4v) is 1.71. The number of nitrogens with zero attached hydrogens (tertiary/aromatic N) is 2. The number of hydrogen-bond acceptors (Lipinski definition) is 4. The van der Waals surface area contributed by atoms with E-state index < -0.39 is 22.9 Å². The zero-order chi connectivity index (χ0) is 14.7. The van der Waals surface area contributed by atoms with Crippen LogP contribution in [0.25, 0.3) is 5.69 Å². The fraction of sp³-hybridized carbons (Fsp3) is 0.154. The molecule has 1 aromatic carbocycles. The van der Waals surface area contributed by atoms with Gasteiger partial charge in [0.25, 0.3) is 0 Å². The molecule has 5 nitrogen and oxygen atoms in total. The molecule has 0 atom stereocenters. The van der Waals surface area contributed by atoms with Gasteiger partial charge in [-0.15, -0.1) is 0 Å². The second-order valence-electron chi connectivity index (χ2n) is 3.79. The highest BCUT2D eigenvalue weighted by molar-refractivity contribution is 6.30. The van der Waals surface area contributed by atoms with E-state index in [0.717, 1.165) is 10.7 Å². The average molecular weight is 297 g/mol. The number of rotatable bonds is 3. The molecule has 20 heavy (non-hydrogen) atoms. The summed E-state index contributed by atoms with van der Waals surface area (Å²) in [5.41, 5.74) is -0.973. The van der Waals surface area contributed by atoms with Gasteiger partial charge in [0.2, 0.25) is 11.1 Å². The van der Waals surface area contributed by atoms with Gasteiger partial charge in [0.05, 0.1) is 6.61 Å². The Hall–Kier alpha value is -2.21. The molecule has 0 radical (unpaired) electrons. The van der Waals surface area contributed by atoms with Crippen molar-refractivity contribution in [3.8, 4) is 5.69 Å². The molecule has 2 rings (SSSR count). The van der Waals surface area contributed by atoms with E-state index in [2.05, 4.69) is 5.10 Å². The van der Waals surface area contributed by atoms with Crippen LogP contribution in [0.1, 0.15) is 17.4 Å². The number of ether oxygens (including phenoxy) is 1. The van der Waals surface area contributed by atoms with Gasteiger partial charge < -0.3 is 4.74 Å². The Balaban J connectivity index is 2.54. The summed E-state index contributed by atoms with van der Waals surface area (Å²) in [6.45, 7) is 1.72. The normalized spacial score (nSPS) is 10.3. The molecule has 0 aliphatic heterocycles. The highest BCUT2D eigenvalue weighted by Gasteiger charge is 2.15. The lowest BCUT2D eigenvalue weighted by atomic mass is 10.3. The van der Waals surface area contributed by atoms with E-state index in [9.17, 15) is 14.0 Å². The zero-order valence-corrected chi connectivity index (χ0v) is 11.2. The Morgan fingerprint density at radius 3 is 2.90 bits per heavy atom. The molecule has 0 fully saturated rings. The van der Waals surface area contributed by atoms with Gasteiger partial charge in [-0.3, -0.25) is 4.79 Å². The van der Waals surface area contributed by atoms with Crippen molar-refractivity contribution in [2.75, 3.05) is 6.61 Å². The SMILES string of the molecule is CCOC(=O)c1nn(-c2cc(Cl)ccc2F)ccc1=O. The number of halogens is 2. The molecule has 0 spiro atoms. The molecule has 0 unspecified atom stereocenters. The first-order valence-electron chi connectivity index (χ1n) is 5.75. The summed E-state index contributed by atoms with van der Waals surface area (Å²) in [5, 5.41) is 4.10. The van der Waals surface area contributed by atoms with E-state index in [0.29, 0.717) is 5.02 Å². The predicted molar refractivity (Wildman–Crippen MR) is 70.8 cm³/mol. The first-order valence-corrected chi connectivity index (χ1v) is 6.13. The van der Waals surface area contributed by atoms with Crippen molar-refractivity contribution in [1.82, 2.24) is 9.78 Å². The smallest absolute Gasteiger partial charge is 0.362 e. The number of aromatic nitrogens is 2. The van der Waals surface area contributed by atoms with Crippen LogP contribution < -0.4 is 5.43 Å². The quantitative estimate of drug-likeness (QED) is 0.815. The molecule has 1 heterocycles. The van der Waals surface area contributed by atoms with Crippen LogP contribution in [-0.4, -0.2) is 22.4 Å². The summed E-state index contributed by atoms with van der Waals surface area (Å²) in [4.78, 5) is 23.2. The van der Waals surface area contributed by atoms with E-state index in [4.69, 9.17) is 16.3 Å². The lowest BCUT2D eigenvalue weighted by molar-refractivity contribution is 0.0515. The number of benzene rings is 1. The second-order valence-corrected chi connectivity index (χ2v) is 4.23. The van der Waals surface area contributed by atoms with Gasteiger partial charge in [-0.2, -0.15) is 5.10 Å². The van der Waals surface area contributed by atoms with Gasteiger partial charge in [0.1, 0.15) is 11.5 Å². The molecule has 0 amide bonds. The van der Waals surface area contributed by atoms with Crippen LogP contribution in [0.2, 0.25) is 5.02 Å². The lowest BCUT2D eigenvalue weighted by Gasteiger charge is -2.08. The van der Waals surface area contributed by atoms with Gasteiger partial charge in [0, 0.05) is 17.3 Å². The maximum atomic E-state index is 13.7. The Bertz CT molecular complexity index is 715. The standard InChI is InChI=1S/C13H10ClFN2O3/c1-2-20-13(19)12-11(18)5-6-17(16-12)10-7-8(14)3-4-9(10)15/h3-7H,2H2,1H3. The van der Waals surface area contributed by atoms with E-state index in [1.165, 1.54) is 24.4 Å². The van der Waals surface area contributed by atoms with Gasteiger partial charge in [-0.25, -0.2) is 13.9 Å². The number of carbonyl (C=O) groups is 1. The third-order valence-electron chi connectivity index (χ3n) is 2.43. The van der Waals surface area contributed by atoms with Crippen LogP contribution >= 0.6 is 11.6 Å². The highest BCUT2D eigenvalue weighted by Crippen LogP contribution is 2.17. The molecule has 0 N–H and O–H groups in total. The van der Waals surface area contributed by atoms with Crippen LogP contribution in [0.5, 0.6) is 0 Å². The third kappa shape index (κ3) is 2.85. The van der Waals surface area contributed by atoms with Crippen molar-refractivity contribution < 1.29 is 13.9 Å². The van der Waals surface area contributed by atoms with E-state index in [1.807, 2.05) is 0 Å². The topological polar surface area (TPSA) is 61.2 Å². The van der Waals surface area contributed by atoms with Gasteiger partial charge in [-0.05, 0) is 25.1 Å². The Morgan fingerprint density at radius 1 is 1.45 bits per heavy atom. The summed E-state index contributed by atoms with van der Waals surface area (Å²) in [6.07, 6.45) is 1.25. The molecule has 0 saturated heterocycles. The van der Waals surface area contributed by atoms with Crippen LogP contribution in [0, 0.1) is 5.82 Å². The van der Waals surface area contributed by atoms with Crippen molar-refractivity contribution in [3.63, 3.8) is 0 Å². The van der Waals surface area contributed by atoms with E-state index >= 15 is 0 Å². The molecular formula is C13H10ClFN2O3. The van der Waals surface area contributed by atoms with Crippen molar-refractivity contribution in [2.24, 2.45) is 0 Å². The Morgan fingerprint density at radius 2 is 2.20 bits per heavy atom. The summed E-state index contributed by atoms with van der Waals surface area (Å²) in [6, 6.07) is 5.00. The van der Waals surface area contributed by atoms with E-state index in [1.54, 1.807) is 6.92 Å². The molecule has 7 heteroatoms. The molecule has 0 aliphatic rings. The Labute approximate surface area is 118 Å². The molecule has 0 saturated carbocycles. The van der Waals surface area contributed by atoms with Crippen molar-refractivity contribution in [2.45, 2.75) is 6.92 Å². The average Bonchev–Trinajstić information content (AvgIpc) is 2.42. The summed E-state index contributed by atoms with van der Waals surface area (Å²) >= 11 is 5.79. The maximum Gasteiger partial charge on any atom is 0.362 e. The largest absolute Gasteiger partial charge is 0.461 e. The van der Waals surface area contributed by atoms with Gasteiger partial charge >= 0.3 is 5.97 Å². The minimum Gasteiger partial charge on any atom is -0.461 e. The van der Waals surface area contributed by atoms with Crippen LogP contribution in [0.4, 0.5) is 4.39 Å². The monoisotopic (exact) mass is 296 g/mol. The molecule has 1 aromatic heterocycles. The molecule has 2 aromatic rings. The van der Waals surface area contributed by atoms with Crippen LogP contribution in [0.15, 0.2) is 35.3 Å². The second kappa shape index (κ2) is 5.83. The van der Waals surface area contributed by atoms with Gasteiger partial charge in [0.15, 0.2) is 0 Å².